The van der Waals surface area contributed by atoms with Gasteiger partial charge in [0.05, 0.1) is 10.4 Å². The summed E-state index contributed by atoms with van der Waals surface area (Å²) in [6.45, 7) is 0. The molecule has 0 saturated heterocycles. The van der Waals surface area contributed by atoms with E-state index in [0.717, 1.165) is 12.0 Å². The van der Waals surface area contributed by atoms with E-state index in [4.69, 9.17) is 0 Å². The highest BCUT2D eigenvalue weighted by molar-refractivity contribution is 5.91. The minimum atomic E-state index is -0.744. The number of aromatic nitrogens is 2. The van der Waals surface area contributed by atoms with Gasteiger partial charge in [-0.05, 0) is 18.2 Å². The lowest BCUT2D eigenvalue weighted by atomic mass is 10.1. The largest absolute Gasteiger partial charge is 0.505 e. The van der Waals surface area contributed by atoms with Gasteiger partial charge in [-0.2, -0.15) is 0 Å². The molecule has 0 fully saturated rings. The van der Waals surface area contributed by atoms with Crippen LogP contribution in [0.4, 0.5) is 22.9 Å². The molecule has 2 heterocycles. The number of aromatic hydroxyl groups is 1. The molecule has 0 amide bonds. The highest BCUT2D eigenvalue weighted by Gasteiger charge is 2.20. The van der Waals surface area contributed by atoms with Crippen LogP contribution < -0.4 is 10.5 Å². The van der Waals surface area contributed by atoms with Crippen molar-refractivity contribution in [2.45, 2.75) is 0 Å². The Balaban J connectivity index is 2.17. The smallest absolute Gasteiger partial charge is 0.356 e. The van der Waals surface area contributed by atoms with Crippen LogP contribution in [-0.2, 0) is 7.05 Å². The lowest BCUT2D eigenvalue weighted by molar-refractivity contribution is -0.384. The van der Waals surface area contributed by atoms with Gasteiger partial charge >= 0.3 is 5.69 Å². The van der Waals surface area contributed by atoms with Gasteiger partial charge in [-0.15, -0.1) is 10.2 Å². The van der Waals surface area contributed by atoms with Crippen molar-refractivity contribution in [1.29, 1.82) is 0 Å². The Bertz CT molecular complexity index is 1100. The molecule has 0 radical (unpaired) electrons. The van der Waals surface area contributed by atoms with E-state index in [0.29, 0.717) is 10.9 Å². The topological polar surface area (TPSA) is 139 Å². The first-order valence-corrected chi connectivity index (χ1v) is 7.34. The molecule has 0 aliphatic rings. The molecule has 1 aromatic carbocycles. The van der Waals surface area contributed by atoms with Gasteiger partial charge in [-0.3, -0.25) is 14.9 Å². The number of pyridine rings is 1. The summed E-state index contributed by atoms with van der Waals surface area (Å²) in [6, 6.07) is 5.17. The van der Waals surface area contributed by atoms with Gasteiger partial charge < -0.3 is 19.1 Å². The van der Waals surface area contributed by atoms with Gasteiger partial charge in [-0.1, -0.05) is 5.16 Å². The first-order chi connectivity index (χ1) is 12.3. The van der Waals surface area contributed by atoms with Crippen LogP contribution >= 0.6 is 0 Å². The number of hydrogen-bond acceptors (Lipinski definition) is 9. The number of azo groups is 1. The predicted octanol–water partition coefficient (Wildman–Crippen LogP) is 2.62. The third-order valence-electron chi connectivity index (χ3n) is 3.82. The Labute approximate surface area is 145 Å². The van der Waals surface area contributed by atoms with Gasteiger partial charge in [0.25, 0.3) is 11.4 Å². The zero-order valence-corrected chi connectivity index (χ0v) is 14.1. The molecule has 0 unspecified atom stereocenters. The SMILES string of the molecule is CN(C)c1ccc2c(O)c(N=Nc3nocc3[N+](=O)[O-])c(=O)n(C)c2c1. The number of hydrogen-bond donors (Lipinski definition) is 1. The molecule has 1 N–H and O–H groups in total. The van der Waals surface area contributed by atoms with Gasteiger partial charge in [0.1, 0.15) is 0 Å². The molecule has 134 valence electrons. The second kappa shape index (κ2) is 6.27. The summed E-state index contributed by atoms with van der Waals surface area (Å²) in [7, 11) is 5.24. The quantitative estimate of drug-likeness (QED) is 0.429. The molecule has 0 atom stereocenters. The number of nitrogens with zero attached hydrogens (tertiary/aromatic N) is 6. The van der Waals surface area contributed by atoms with Crippen LogP contribution in [0.2, 0.25) is 0 Å². The Hall–Kier alpha value is -3.76. The average molecular weight is 358 g/mol. The number of fused-ring (bicyclic) bond motifs is 1. The minimum absolute atomic E-state index is 0.352. The Morgan fingerprint density at radius 3 is 2.73 bits per heavy atom. The van der Waals surface area contributed by atoms with Crippen molar-refractivity contribution in [2.75, 3.05) is 19.0 Å². The maximum atomic E-state index is 12.5. The molecular formula is C15H14N6O5. The van der Waals surface area contributed by atoms with Crippen molar-refractivity contribution in [2.24, 2.45) is 17.3 Å². The third-order valence-corrected chi connectivity index (χ3v) is 3.82. The molecule has 0 bridgehead atoms. The summed E-state index contributed by atoms with van der Waals surface area (Å²) in [4.78, 5) is 24.5. The molecule has 3 aromatic rings. The predicted molar refractivity (Wildman–Crippen MR) is 92.5 cm³/mol. The maximum absolute atomic E-state index is 12.5. The normalized spacial score (nSPS) is 11.3. The molecule has 0 spiro atoms. The Kier molecular flexibility index (Phi) is 4.12. The van der Waals surface area contributed by atoms with Gasteiger partial charge in [0.15, 0.2) is 11.4 Å². The molecular weight excluding hydrogens is 344 g/mol. The average Bonchev–Trinajstić information content (AvgIpc) is 3.08. The van der Waals surface area contributed by atoms with Crippen molar-refractivity contribution >= 4 is 33.8 Å². The van der Waals surface area contributed by atoms with Crippen LogP contribution in [0.5, 0.6) is 5.75 Å². The van der Waals surface area contributed by atoms with E-state index in [1.165, 1.54) is 11.6 Å². The van der Waals surface area contributed by atoms with E-state index in [2.05, 4.69) is 19.9 Å². The first kappa shape index (κ1) is 17.1. The number of aryl methyl sites for hydroxylation is 1. The fraction of sp³-hybridized carbons (Fsp3) is 0.200. The monoisotopic (exact) mass is 358 g/mol. The highest BCUT2D eigenvalue weighted by Crippen LogP contribution is 2.34. The van der Waals surface area contributed by atoms with Crippen LogP contribution in [0.3, 0.4) is 0 Å². The molecule has 26 heavy (non-hydrogen) atoms. The summed E-state index contributed by atoms with van der Waals surface area (Å²) in [5.74, 6) is -0.775. The molecule has 0 saturated carbocycles. The number of nitro groups is 1. The number of anilines is 1. The molecule has 0 aliphatic heterocycles. The van der Waals surface area contributed by atoms with Crippen LogP contribution in [0.25, 0.3) is 10.9 Å². The molecule has 11 heteroatoms. The van der Waals surface area contributed by atoms with E-state index in [1.807, 2.05) is 19.0 Å². The van der Waals surface area contributed by atoms with Crippen LogP contribution in [0, 0.1) is 10.1 Å². The van der Waals surface area contributed by atoms with Crippen molar-refractivity contribution in [3.8, 4) is 5.75 Å². The molecule has 3 rings (SSSR count). The Morgan fingerprint density at radius 2 is 2.08 bits per heavy atom. The van der Waals surface area contributed by atoms with Gasteiger partial charge in [0, 0.05) is 32.2 Å². The summed E-state index contributed by atoms with van der Waals surface area (Å²) >= 11 is 0. The van der Waals surface area contributed by atoms with E-state index < -0.39 is 22.0 Å². The summed E-state index contributed by atoms with van der Waals surface area (Å²) in [5.41, 5.74) is -0.109. The van der Waals surface area contributed by atoms with Crippen LogP contribution in [-0.4, -0.2) is 33.8 Å². The fourth-order valence-corrected chi connectivity index (χ4v) is 2.38. The van der Waals surface area contributed by atoms with Crippen molar-refractivity contribution < 1.29 is 14.6 Å². The van der Waals surface area contributed by atoms with E-state index >= 15 is 0 Å². The Morgan fingerprint density at radius 1 is 1.35 bits per heavy atom. The molecule has 0 aliphatic carbocycles. The third kappa shape index (κ3) is 2.75. The van der Waals surface area contributed by atoms with E-state index in [-0.39, 0.29) is 11.4 Å². The highest BCUT2D eigenvalue weighted by atomic mass is 16.6. The molecule has 11 nitrogen and oxygen atoms in total. The summed E-state index contributed by atoms with van der Waals surface area (Å²) in [5, 5.41) is 32.2. The lowest BCUT2D eigenvalue weighted by Crippen LogP contribution is -2.17. The summed E-state index contributed by atoms with van der Waals surface area (Å²) < 4.78 is 5.80. The number of rotatable bonds is 4. The lowest BCUT2D eigenvalue weighted by Gasteiger charge is -2.15. The second-order valence-corrected chi connectivity index (χ2v) is 5.64. The zero-order chi connectivity index (χ0) is 19.0. The summed E-state index contributed by atoms with van der Waals surface area (Å²) in [6.07, 6.45) is 0.801. The fourth-order valence-electron chi connectivity index (χ4n) is 2.38. The van der Waals surface area contributed by atoms with E-state index in [9.17, 15) is 20.0 Å². The van der Waals surface area contributed by atoms with Crippen LogP contribution in [0.15, 0.2) is 44.0 Å². The van der Waals surface area contributed by atoms with E-state index in [1.54, 1.807) is 18.2 Å². The minimum Gasteiger partial charge on any atom is -0.505 e. The van der Waals surface area contributed by atoms with Crippen LogP contribution in [0.1, 0.15) is 0 Å². The van der Waals surface area contributed by atoms with Crippen molar-refractivity contribution in [1.82, 2.24) is 9.72 Å². The standard InChI is InChI=1S/C15H14N6O5/c1-19(2)8-4-5-9-10(6-8)20(3)15(23)12(13(9)22)16-17-14-11(21(24)25)7-26-18-14/h4-7,22H,1-3H3. The maximum Gasteiger partial charge on any atom is 0.356 e. The van der Waals surface area contributed by atoms with Crippen molar-refractivity contribution in [3.05, 3.63) is 44.9 Å². The zero-order valence-electron chi connectivity index (χ0n) is 14.1. The van der Waals surface area contributed by atoms with Gasteiger partial charge in [0.2, 0.25) is 6.26 Å². The van der Waals surface area contributed by atoms with Crippen molar-refractivity contribution in [3.63, 3.8) is 0 Å². The number of benzene rings is 1. The van der Waals surface area contributed by atoms with Gasteiger partial charge in [-0.25, -0.2) is 0 Å². The first-order valence-electron chi connectivity index (χ1n) is 7.34. The second-order valence-electron chi connectivity index (χ2n) is 5.64. The molecule has 2 aromatic heterocycles.